The van der Waals surface area contributed by atoms with E-state index in [0.717, 1.165) is 18.7 Å². The Labute approximate surface area is 91.3 Å². The molecule has 5 heteroatoms. The Balaban J connectivity index is 3.09. The summed E-state index contributed by atoms with van der Waals surface area (Å²) in [5, 5.41) is 0.0826. The number of hydrogen-bond donors (Lipinski definition) is 0. The van der Waals surface area contributed by atoms with E-state index < -0.39 is 11.7 Å². The number of alkyl halides is 3. The Morgan fingerprint density at radius 3 is 2.47 bits per heavy atom. The Hall–Kier alpha value is -0.770. The molecule has 0 radical (unpaired) electrons. The van der Waals surface area contributed by atoms with Crippen LogP contribution < -0.4 is 0 Å². The summed E-state index contributed by atoms with van der Waals surface area (Å²) < 4.78 is 36.9. The third-order valence-corrected chi connectivity index (χ3v) is 2.58. The number of rotatable bonds is 2. The normalized spacial score (nSPS) is 14.0. The van der Waals surface area contributed by atoms with E-state index in [2.05, 4.69) is 4.98 Å². The molecule has 0 amide bonds. The third kappa shape index (κ3) is 2.84. The SMILES string of the molecule is CCC(C)c1ncc(C(F)(F)F)cc1Cl. The van der Waals surface area contributed by atoms with Gasteiger partial charge in [0.2, 0.25) is 0 Å². The zero-order valence-electron chi connectivity index (χ0n) is 8.40. The van der Waals surface area contributed by atoms with Crippen molar-refractivity contribution in [2.75, 3.05) is 0 Å². The molecule has 84 valence electrons. The lowest BCUT2D eigenvalue weighted by Gasteiger charge is -2.12. The van der Waals surface area contributed by atoms with Gasteiger partial charge in [0.1, 0.15) is 0 Å². The van der Waals surface area contributed by atoms with E-state index in [4.69, 9.17) is 11.6 Å². The number of pyridine rings is 1. The minimum absolute atomic E-state index is 0.0692. The van der Waals surface area contributed by atoms with Gasteiger partial charge >= 0.3 is 6.18 Å². The summed E-state index contributed by atoms with van der Waals surface area (Å²) in [5.74, 6) is 0.0692. The van der Waals surface area contributed by atoms with Crippen molar-refractivity contribution in [2.24, 2.45) is 0 Å². The van der Waals surface area contributed by atoms with Crippen molar-refractivity contribution in [3.63, 3.8) is 0 Å². The second kappa shape index (κ2) is 4.39. The molecule has 1 aromatic heterocycles. The van der Waals surface area contributed by atoms with Gasteiger partial charge in [0.25, 0.3) is 0 Å². The molecule has 0 spiro atoms. The maximum Gasteiger partial charge on any atom is 0.417 e. The van der Waals surface area contributed by atoms with Crippen LogP contribution >= 0.6 is 11.6 Å². The number of hydrogen-bond acceptors (Lipinski definition) is 1. The Morgan fingerprint density at radius 1 is 1.47 bits per heavy atom. The van der Waals surface area contributed by atoms with E-state index in [1.807, 2.05) is 13.8 Å². The largest absolute Gasteiger partial charge is 0.417 e. The molecule has 1 heterocycles. The van der Waals surface area contributed by atoms with Gasteiger partial charge < -0.3 is 0 Å². The van der Waals surface area contributed by atoms with Gasteiger partial charge in [0.15, 0.2) is 0 Å². The van der Waals surface area contributed by atoms with Gasteiger partial charge in [0, 0.05) is 6.20 Å². The molecule has 1 nitrogen and oxygen atoms in total. The van der Waals surface area contributed by atoms with Crippen LogP contribution in [-0.4, -0.2) is 4.98 Å². The van der Waals surface area contributed by atoms with Crippen molar-refractivity contribution in [1.29, 1.82) is 0 Å². The van der Waals surface area contributed by atoms with E-state index in [9.17, 15) is 13.2 Å². The predicted molar refractivity (Wildman–Crippen MR) is 53.0 cm³/mol. The fraction of sp³-hybridized carbons (Fsp3) is 0.500. The summed E-state index contributed by atoms with van der Waals surface area (Å²) in [6.45, 7) is 3.81. The van der Waals surface area contributed by atoms with Crippen LogP contribution in [-0.2, 0) is 6.18 Å². The first-order valence-electron chi connectivity index (χ1n) is 4.59. The van der Waals surface area contributed by atoms with Crippen molar-refractivity contribution in [1.82, 2.24) is 4.98 Å². The summed E-state index contributed by atoms with van der Waals surface area (Å²) in [6, 6.07) is 0.927. The highest BCUT2D eigenvalue weighted by Crippen LogP contribution is 2.33. The van der Waals surface area contributed by atoms with E-state index >= 15 is 0 Å². The van der Waals surface area contributed by atoms with Crippen molar-refractivity contribution in [2.45, 2.75) is 32.4 Å². The van der Waals surface area contributed by atoms with Crippen molar-refractivity contribution in [3.8, 4) is 0 Å². The van der Waals surface area contributed by atoms with E-state index in [1.54, 1.807) is 0 Å². The van der Waals surface area contributed by atoms with Crippen LogP contribution in [0, 0.1) is 0 Å². The lowest BCUT2D eigenvalue weighted by molar-refractivity contribution is -0.137. The summed E-state index contributed by atoms with van der Waals surface area (Å²) in [5.41, 5.74) is -0.285. The second-order valence-electron chi connectivity index (χ2n) is 3.40. The highest BCUT2D eigenvalue weighted by molar-refractivity contribution is 6.31. The monoisotopic (exact) mass is 237 g/mol. The molecule has 0 aliphatic heterocycles. The van der Waals surface area contributed by atoms with E-state index in [0.29, 0.717) is 5.69 Å². The maximum absolute atomic E-state index is 12.3. The minimum atomic E-state index is -4.38. The van der Waals surface area contributed by atoms with Crippen molar-refractivity contribution >= 4 is 11.6 Å². The van der Waals surface area contributed by atoms with Crippen LogP contribution in [0.2, 0.25) is 5.02 Å². The fourth-order valence-corrected chi connectivity index (χ4v) is 1.51. The summed E-state index contributed by atoms with van der Waals surface area (Å²) in [6.07, 6.45) is -2.77. The minimum Gasteiger partial charge on any atom is -0.259 e. The molecule has 0 fully saturated rings. The van der Waals surface area contributed by atoms with Gasteiger partial charge in [-0.25, -0.2) is 0 Å². The van der Waals surface area contributed by atoms with Crippen molar-refractivity contribution in [3.05, 3.63) is 28.5 Å². The van der Waals surface area contributed by atoms with Gasteiger partial charge in [-0.05, 0) is 18.4 Å². The molecule has 0 saturated heterocycles. The Morgan fingerprint density at radius 2 is 2.07 bits per heavy atom. The summed E-state index contributed by atoms with van der Waals surface area (Å²) in [4.78, 5) is 3.76. The quantitative estimate of drug-likeness (QED) is 0.749. The van der Waals surface area contributed by atoms with Crippen LogP contribution in [0.4, 0.5) is 13.2 Å². The molecule has 0 aliphatic rings. The van der Waals surface area contributed by atoms with Crippen LogP contribution in [0.3, 0.4) is 0 Å². The predicted octanol–water partition coefficient (Wildman–Crippen LogP) is 4.27. The van der Waals surface area contributed by atoms with Crippen LogP contribution in [0.25, 0.3) is 0 Å². The second-order valence-corrected chi connectivity index (χ2v) is 3.81. The molecule has 0 bridgehead atoms. The standard InChI is InChI=1S/C10H11ClF3N/c1-3-6(2)9-8(11)4-7(5-15-9)10(12,13)14/h4-6H,3H2,1-2H3. The Bertz CT molecular complexity index is 349. The average Bonchev–Trinajstić information content (AvgIpc) is 2.15. The van der Waals surface area contributed by atoms with Gasteiger partial charge in [0.05, 0.1) is 16.3 Å². The number of aromatic nitrogens is 1. The van der Waals surface area contributed by atoms with Gasteiger partial charge in [-0.15, -0.1) is 0 Å². The zero-order chi connectivity index (χ0) is 11.6. The van der Waals surface area contributed by atoms with E-state index in [1.165, 1.54) is 0 Å². The number of nitrogens with zero attached hydrogens (tertiary/aromatic N) is 1. The first-order valence-corrected chi connectivity index (χ1v) is 4.96. The highest BCUT2D eigenvalue weighted by Gasteiger charge is 2.31. The van der Waals surface area contributed by atoms with Crippen LogP contribution in [0.5, 0.6) is 0 Å². The molecule has 1 aromatic rings. The topological polar surface area (TPSA) is 12.9 Å². The molecule has 0 aromatic carbocycles. The first-order chi connectivity index (χ1) is 6.86. The molecule has 1 rings (SSSR count). The van der Waals surface area contributed by atoms with Crippen LogP contribution in [0.1, 0.15) is 37.4 Å². The lowest BCUT2D eigenvalue weighted by Crippen LogP contribution is -2.07. The van der Waals surface area contributed by atoms with Crippen molar-refractivity contribution < 1.29 is 13.2 Å². The highest BCUT2D eigenvalue weighted by atomic mass is 35.5. The lowest BCUT2D eigenvalue weighted by atomic mass is 10.0. The number of halogens is 4. The third-order valence-electron chi connectivity index (χ3n) is 2.28. The first kappa shape index (κ1) is 12.3. The summed E-state index contributed by atoms with van der Waals surface area (Å²) in [7, 11) is 0. The van der Waals surface area contributed by atoms with Gasteiger partial charge in [-0.3, -0.25) is 4.98 Å². The molecule has 15 heavy (non-hydrogen) atoms. The fourth-order valence-electron chi connectivity index (χ4n) is 1.16. The van der Waals surface area contributed by atoms with Crippen LogP contribution in [0.15, 0.2) is 12.3 Å². The Kier molecular flexibility index (Phi) is 3.60. The molecular formula is C10H11ClF3N. The smallest absolute Gasteiger partial charge is 0.259 e. The molecular weight excluding hydrogens is 227 g/mol. The van der Waals surface area contributed by atoms with Gasteiger partial charge in [-0.2, -0.15) is 13.2 Å². The van der Waals surface area contributed by atoms with E-state index in [-0.39, 0.29) is 10.9 Å². The molecule has 1 unspecified atom stereocenters. The molecule has 0 aliphatic carbocycles. The molecule has 1 atom stereocenters. The molecule has 0 N–H and O–H groups in total. The average molecular weight is 238 g/mol. The zero-order valence-corrected chi connectivity index (χ0v) is 9.15. The molecule has 0 saturated carbocycles. The summed E-state index contributed by atoms with van der Waals surface area (Å²) >= 11 is 5.75. The maximum atomic E-state index is 12.3. The van der Waals surface area contributed by atoms with Gasteiger partial charge in [-0.1, -0.05) is 25.4 Å².